The lowest BCUT2D eigenvalue weighted by Gasteiger charge is -2.33. The monoisotopic (exact) mass is 271 g/mol. The highest BCUT2D eigenvalue weighted by atomic mass is 16.1. The largest absolute Gasteiger partial charge is 0.298 e. The summed E-state index contributed by atoms with van der Waals surface area (Å²) in [4.78, 5) is 15.1. The minimum atomic E-state index is 0.169. The van der Waals surface area contributed by atoms with E-state index in [1.807, 2.05) is 0 Å². The number of hydrogen-bond donors (Lipinski definition) is 0. The van der Waals surface area contributed by atoms with Gasteiger partial charge in [-0.3, -0.25) is 9.69 Å². The average Bonchev–Trinajstić information content (AvgIpc) is 3.06. The Balaban J connectivity index is 1.90. The first-order chi connectivity index (χ1) is 9.68. The van der Waals surface area contributed by atoms with E-state index in [0.29, 0.717) is 23.5 Å². The highest BCUT2D eigenvalue weighted by Crippen LogP contribution is 2.44. The number of carbonyl (C=O) groups is 1. The molecule has 1 aromatic carbocycles. The molecule has 0 bridgehead atoms. The maximum atomic E-state index is 12.6. The number of carbonyl (C=O) groups excluding carboxylic acids is 1. The Morgan fingerprint density at radius 3 is 2.35 bits per heavy atom. The van der Waals surface area contributed by atoms with Crippen LogP contribution in [0.1, 0.15) is 44.6 Å². The normalized spacial score (nSPS) is 31.4. The third kappa shape index (κ3) is 2.42. The summed E-state index contributed by atoms with van der Waals surface area (Å²) in [6.45, 7) is 6.78. The topological polar surface area (TPSA) is 20.3 Å². The minimum absolute atomic E-state index is 0.169. The summed E-state index contributed by atoms with van der Waals surface area (Å²) in [5.41, 5.74) is 1.35. The second kappa shape index (κ2) is 5.69. The predicted octanol–water partition coefficient (Wildman–Crippen LogP) is 3.48. The van der Waals surface area contributed by atoms with Gasteiger partial charge < -0.3 is 0 Å². The number of hydrogen-bond acceptors (Lipinski definition) is 2. The Labute approximate surface area is 122 Å². The summed E-state index contributed by atoms with van der Waals surface area (Å²) in [5, 5.41) is 0. The molecule has 20 heavy (non-hydrogen) atoms. The highest BCUT2D eigenvalue weighted by molar-refractivity contribution is 5.88. The fourth-order valence-corrected chi connectivity index (χ4v) is 4.24. The number of likely N-dealkylation sites (tertiary alicyclic amines) is 1. The summed E-state index contributed by atoms with van der Waals surface area (Å²) in [6.07, 6.45) is 3.24. The lowest BCUT2D eigenvalue weighted by molar-refractivity contribution is -0.122. The van der Waals surface area contributed by atoms with Crippen molar-refractivity contribution in [3.05, 3.63) is 35.9 Å². The van der Waals surface area contributed by atoms with Crippen molar-refractivity contribution in [2.75, 3.05) is 13.1 Å². The first-order valence-corrected chi connectivity index (χ1v) is 8.00. The highest BCUT2D eigenvalue weighted by Gasteiger charge is 2.47. The standard InChI is InChI=1S/C18H25NO/c1-13(2)17-15(14-8-4-3-5-9-14)12-16(20)18(17)19-10-6-7-11-19/h3-5,8-9,13,15,17-18H,6-7,10-12H2,1-2H3/t15-,17+,18-/m1/s1. The zero-order valence-electron chi connectivity index (χ0n) is 12.6. The summed E-state index contributed by atoms with van der Waals surface area (Å²) in [5.74, 6) is 1.91. The molecule has 2 aliphatic rings. The molecule has 0 radical (unpaired) electrons. The van der Waals surface area contributed by atoms with Gasteiger partial charge in [0, 0.05) is 6.42 Å². The van der Waals surface area contributed by atoms with E-state index < -0.39 is 0 Å². The van der Waals surface area contributed by atoms with Crippen LogP contribution in [0.2, 0.25) is 0 Å². The zero-order valence-corrected chi connectivity index (χ0v) is 12.6. The molecule has 1 saturated heterocycles. The van der Waals surface area contributed by atoms with Crippen molar-refractivity contribution in [1.29, 1.82) is 0 Å². The Hall–Kier alpha value is -1.15. The van der Waals surface area contributed by atoms with E-state index in [1.165, 1.54) is 18.4 Å². The van der Waals surface area contributed by atoms with Gasteiger partial charge in [-0.2, -0.15) is 0 Å². The van der Waals surface area contributed by atoms with Crippen molar-refractivity contribution >= 4 is 5.78 Å². The molecule has 2 heteroatoms. The van der Waals surface area contributed by atoms with Crippen LogP contribution < -0.4 is 0 Å². The molecule has 0 spiro atoms. The van der Waals surface area contributed by atoms with E-state index in [0.717, 1.165) is 19.5 Å². The lowest BCUT2D eigenvalue weighted by Crippen LogP contribution is -2.42. The fourth-order valence-electron chi connectivity index (χ4n) is 4.24. The second-order valence-corrected chi connectivity index (χ2v) is 6.70. The maximum Gasteiger partial charge on any atom is 0.150 e. The summed E-state index contributed by atoms with van der Waals surface area (Å²) in [7, 11) is 0. The molecule has 0 amide bonds. The number of ketones is 1. The third-order valence-corrected chi connectivity index (χ3v) is 5.11. The SMILES string of the molecule is CC(C)[C@H]1[C@@H](c2ccccc2)CC(=O)[C@H]1N1CCCC1. The van der Waals surface area contributed by atoms with Gasteiger partial charge in [0.1, 0.15) is 0 Å². The van der Waals surface area contributed by atoms with Crippen molar-refractivity contribution in [2.24, 2.45) is 11.8 Å². The van der Waals surface area contributed by atoms with Crippen LogP contribution in [0, 0.1) is 11.8 Å². The van der Waals surface area contributed by atoms with Gasteiger partial charge in [0.25, 0.3) is 0 Å². The third-order valence-electron chi connectivity index (χ3n) is 5.11. The van der Waals surface area contributed by atoms with Crippen LogP contribution >= 0.6 is 0 Å². The van der Waals surface area contributed by atoms with Crippen LogP contribution in [-0.2, 0) is 4.79 Å². The molecule has 2 nitrogen and oxygen atoms in total. The van der Waals surface area contributed by atoms with Crippen LogP contribution in [0.4, 0.5) is 0 Å². The molecule has 1 heterocycles. The Bertz CT molecular complexity index is 462. The van der Waals surface area contributed by atoms with Gasteiger partial charge in [-0.25, -0.2) is 0 Å². The summed E-state index contributed by atoms with van der Waals surface area (Å²) < 4.78 is 0. The molecule has 0 unspecified atom stereocenters. The second-order valence-electron chi connectivity index (χ2n) is 6.70. The summed E-state index contributed by atoms with van der Waals surface area (Å²) in [6, 6.07) is 10.8. The van der Waals surface area contributed by atoms with Gasteiger partial charge in [0.05, 0.1) is 6.04 Å². The molecule has 1 aromatic rings. The molecule has 0 N–H and O–H groups in total. The molecule has 108 valence electrons. The smallest absolute Gasteiger partial charge is 0.150 e. The average molecular weight is 271 g/mol. The van der Waals surface area contributed by atoms with Crippen molar-refractivity contribution in [2.45, 2.75) is 45.1 Å². The Morgan fingerprint density at radius 1 is 1.10 bits per heavy atom. The molecule has 1 aliphatic carbocycles. The fraction of sp³-hybridized carbons (Fsp3) is 0.611. The Kier molecular flexibility index (Phi) is 3.93. The molecule has 1 aliphatic heterocycles. The van der Waals surface area contributed by atoms with Crippen molar-refractivity contribution in [3.8, 4) is 0 Å². The molecule has 3 rings (SSSR count). The first kappa shape index (κ1) is 13.8. The maximum absolute atomic E-state index is 12.6. The van der Waals surface area contributed by atoms with Gasteiger partial charge in [0.2, 0.25) is 0 Å². The molecule has 0 aromatic heterocycles. The van der Waals surface area contributed by atoms with E-state index in [1.54, 1.807) is 0 Å². The van der Waals surface area contributed by atoms with E-state index >= 15 is 0 Å². The first-order valence-electron chi connectivity index (χ1n) is 8.00. The van der Waals surface area contributed by atoms with Gasteiger partial charge in [-0.1, -0.05) is 44.2 Å². The van der Waals surface area contributed by atoms with Crippen LogP contribution in [0.3, 0.4) is 0 Å². The number of benzene rings is 1. The van der Waals surface area contributed by atoms with Gasteiger partial charge >= 0.3 is 0 Å². The van der Waals surface area contributed by atoms with Crippen molar-refractivity contribution in [3.63, 3.8) is 0 Å². The van der Waals surface area contributed by atoms with E-state index in [9.17, 15) is 4.79 Å². The molecular formula is C18H25NO. The van der Waals surface area contributed by atoms with Gasteiger partial charge in [-0.15, -0.1) is 0 Å². The minimum Gasteiger partial charge on any atom is -0.298 e. The van der Waals surface area contributed by atoms with Crippen LogP contribution in [0.5, 0.6) is 0 Å². The predicted molar refractivity (Wildman–Crippen MR) is 81.7 cm³/mol. The lowest BCUT2D eigenvalue weighted by atomic mass is 9.80. The van der Waals surface area contributed by atoms with Crippen molar-refractivity contribution in [1.82, 2.24) is 4.90 Å². The van der Waals surface area contributed by atoms with Crippen LogP contribution in [0.15, 0.2) is 30.3 Å². The van der Waals surface area contributed by atoms with Gasteiger partial charge in [-0.05, 0) is 49.2 Å². The van der Waals surface area contributed by atoms with Crippen LogP contribution in [-0.4, -0.2) is 29.8 Å². The number of Topliss-reactive ketones (excluding diaryl/α,β-unsaturated/α-hetero) is 1. The van der Waals surface area contributed by atoms with Crippen molar-refractivity contribution < 1.29 is 4.79 Å². The van der Waals surface area contributed by atoms with Gasteiger partial charge in [0.15, 0.2) is 5.78 Å². The zero-order chi connectivity index (χ0) is 14.1. The number of nitrogens with zero attached hydrogens (tertiary/aromatic N) is 1. The molecular weight excluding hydrogens is 246 g/mol. The summed E-state index contributed by atoms with van der Waals surface area (Å²) >= 11 is 0. The molecule has 3 atom stereocenters. The molecule has 1 saturated carbocycles. The van der Waals surface area contributed by atoms with E-state index in [4.69, 9.17) is 0 Å². The van der Waals surface area contributed by atoms with E-state index in [2.05, 4.69) is 49.1 Å². The quantitative estimate of drug-likeness (QED) is 0.839. The van der Waals surface area contributed by atoms with E-state index in [-0.39, 0.29) is 6.04 Å². The number of rotatable bonds is 3. The Morgan fingerprint density at radius 2 is 1.75 bits per heavy atom. The molecule has 2 fully saturated rings. The van der Waals surface area contributed by atoms with Crippen LogP contribution in [0.25, 0.3) is 0 Å².